The van der Waals surface area contributed by atoms with E-state index in [2.05, 4.69) is 49.1 Å². The zero-order chi connectivity index (χ0) is 12.3. The van der Waals surface area contributed by atoms with Gasteiger partial charge in [-0.3, -0.25) is 4.90 Å². The van der Waals surface area contributed by atoms with Crippen molar-refractivity contribution < 1.29 is 0 Å². The first-order chi connectivity index (χ1) is 8.20. The highest BCUT2D eigenvalue weighted by Gasteiger charge is 2.30. The van der Waals surface area contributed by atoms with E-state index < -0.39 is 0 Å². The summed E-state index contributed by atoms with van der Waals surface area (Å²) in [5.74, 6) is 1.61. The maximum Gasteiger partial charge on any atom is 0.0258 e. The average Bonchev–Trinajstić information content (AvgIpc) is 2.68. The highest BCUT2D eigenvalue weighted by atomic mass is 15.2. The largest absolute Gasteiger partial charge is 0.329 e. The molecule has 17 heavy (non-hydrogen) atoms. The molecule has 1 saturated heterocycles. The van der Waals surface area contributed by atoms with Gasteiger partial charge < -0.3 is 5.73 Å². The van der Waals surface area contributed by atoms with Gasteiger partial charge in [0, 0.05) is 25.7 Å². The Kier molecular flexibility index (Phi) is 4.19. The zero-order valence-electron chi connectivity index (χ0n) is 11.0. The summed E-state index contributed by atoms with van der Waals surface area (Å²) in [6.07, 6.45) is 1.08. The lowest BCUT2D eigenvalue weighted by atomic mass is 10.0. The number of hydrogen-bond donors (Lipinski definition) is 1. The van der Waals surface area contributed by atoms with Crippen LogP contribution in [0.15, 0.2) is 30.3 Å². The fourth-order valence-corrected chi connectivity index (χ4v) is 2.72. The molecule has 0 amide bonds. The van der Waals surface area contributed by atoms with E-state index in [1.807, 2.05) is 0 Å². The molecule has 0 saturated carbocycles. The zero-order valence-corrected chi connectivity index (χ0v) is 11.0. The van der Waals surface area contributed by atoms with Gasteiger partial charge in [-0.1, -0.05) is 44.2 Å². The van der Waals surface area contributed by atoms with E-state index in [4.69, 9.17) is 5.73 Å². The molecule has 1 aromatic carbocycles. The predicted molar refractivity (Wildman–Crippen MR) is 72.9 cm³/mol. The molecule has 2 N–H and O–H groups in total. The summed E-state index contributed by atoms with van der Waals surface area (Å²) < 4.78 is 0. The summed E-state index contributed by atoms with van der Waals surface area (Å²) >= 11 is 0. The monoisotopic (exact) mass is 232 g/mol. The lowest BCUT2D eigenvalue weighted by molar-refractivity contribution is 0.235. The molecule has 3 atom stereocenters. The molecular weight excluding hydrogens is 208 g/mol. The summed E-state index contributed by atoms with van der Waals surface area (Å²) in [4.78, 5) is 2.57. The first-order valence-corrected chi connectivity index (χ1v) is 6.68. The second-order valence-electron chi connectivity index (χ2n) is 5.49. The predicted octanol–water partition coefficient (Wildman–Crippen LogP) is 2.14. The average molecular weight is 232 g/mol. The van der Waals surface area contributed by atoms with Crippen molar-refractivity contribution in [2.75, 3.05) is 19.6 Å². The molecule has 2 nitrogen and oxygen atoms in total. The molecule has 1 fully saturated rings. The Morgan fingerprint density at radius 3 is 2.29 bits per heavy atom. The minimum atomic E-state index is 0.504. The minimum Gasteiger partial charge on any atom is -0.329 e. The third-order valence-corrected chi connectivity index (χ3v) is 4.12. The normalized spacial score (nSPS) is 27.2. The van der Waals surface area contributed by atoms with E-state index in [1.54, 1.807) is 0 Å². The molecule has 2 heteroatoms. The third kappa shape index (κ3) is 3.08. The van der Waals surface area contributed by atoms with Crippen molar-refractivity contribution in [1.82, 2.24) is 4.90 Å². The number of benzene rings is 1. The highest BCUT2D eigenvalue weighted by Crippen LogP contribution is 2.24. The van der Waals surface area contributed by atoms with Crippen LogP contribution in [0.1, 0.15) is 19.4 Å². The molecule has 1 aliphatic heterocycles. The summed E-state index contributed by atoms with van der Waals surface area (Å²) in [5, 5.41) is 0. The summed E-state index contributed by atoms with van der Waals surface area (Å²) in [5.41, 5.74) is 7.35. The molecule has 0 spiro atoms. The molecule has 0 aromatic heterocycles. The number of hydrogen-bond acceptors (Lipinski definition) is 2. The Morgan fingerprint density at radius 1 is 1.18 bits per heavy atom. The van der Waals surface area contributed by atoms with Crippen molar-refractivity contribution in [2.45, 2.75) is 26.3 Å². The van der Waals surface area contributed by atoms with Gasteiger partial charge in [0.25, 0.3) is 0 Å². The van der Waals surface area contributed by atoms with Crippen LogP contribution in [0.25, 0.3) is 0 Å². The molecule has 2 rings (SSSR count). The SMILES string of the molecule is CC1CN(C(CN)Cc2ccccc2)CC1C. The topological polar surface area (TPSA) is 29.3 Å². The fourth-order valence-electron chi connectivity index (χ4n) is 2.72. The van der Waals surface area contributed by atoms with Crippen LogP contribution >= 0.6 is 0 Å². The van der Waals surface area contributed by atoms with E-state index in [1.165, 1.54) is 18.7 Å². The molecule has 0 aliphatic carbocycles. The van der Waals surface area contributed by atoms with Crippen molar-refractivity contribution >= 4 is 0 Å². The van der Waals surface area contributed by atoms with Gasteiger partial charge >= 0.3 is 0 Å². The summed E-state index contributed by atoms with van der Waals surface area (Å²) in [6, 6.07) is 11.2. The number of nitrogens with two attached hydrogens (primary N) is 1. The van der Waals surface area contributed by atoms with E-state index in [0.29, 0.717) is 6.04 Å². The first-order valence-electron chi connectivity index (χ1n) is 6.68. The first kappa shape index (κ1) is 12.6. The van der Waals surface area contributed by atoms with Crippen LogP contribution in [0.3, 0.4) is 0 Å². The van der Waals surface area contributed by atoms with Crippen molar-refractivity contribution in [3.05, 3.63) is 35.9 Å². The molecular formula is C15H24N2. The van der Waals surface area contributed by atoms with Gasteiger partial charge in [0.15, 0.2) is 0 Å². The van der Waals surface area contributed by atoms with E-state index in [9.17, 15) is 0 Å². The molecule has 1 heterocycles. The summed E-state index contributed by atoms with van der Waals surface area (Å²) in [6.45, 7) is 7.86. The van der Waals surface area contributed by atoms with Gasteiger partial charge in [-0.25, -0.2) is 0 Å². The second-order valence-corrected chi connectivity index (χ2v) is 5.49. The second kappa shape index (κ2) is 5.65. The van der Waals surface area contributed by atoms with Crippen molar-refractivity contribution in [2.24, 2.45) is 17.6 Å². The molecule has 0 bridgehead atoms. The van der Waals surface area contributed by atoms with Crippen LogP contribution < -0.4 is 5.73 Å². The van der Waals surface area contributed by atoms with Gasteiger partial charge in [-0.15, -0.1) is 0 Å². The van der Waals surface area contributed by atoms with Crippen molar-refractivity contribution in [3.8, 4) is 0 Å². The number of rotatable bonds is 4. The standard InChI is InChI=1S/C15H24N2/c1-12-10-17(11-13(12)2)15(9-16)8-14-6-4-3-5-7-14/h3-7,12-13,15H,8-11,16H2,1-2H3. The molecule has 3 unspecified atom stereocenters. The number of nitrogens with zero attached hydrogens (tertiary/aromatic N) is 1. The lowest BCUT2D eigenvalue weighted by Gasteiger charge is -2.26. The van der Waals surface area contributed by atoms with Gasteiger partial charge in [0.2, 0.25) is 0 Å². The number of likely N-dealkylation sites (tertiary alicyclic amines) is 1. The van der Waals surface area contributed by atoms with Crippen LogP contribution in [-0.4, -0.2) is 30.6 Å². The molecule has 1 aromatic rings. The van der Waals surface area contributed by atoms with E-state index >= 15 is 0 Å². The van der Waals surface area contributed by atoms with E-state index in [0.717, 1.165) is 24.8 Å². The van der Waals surface area contributed by atoms with Gasteiger partial charge in [-0.2, -0.15) is 0 Å². The Balaban J connectivity index is 1.98. The Labute approximate surface area is 105 Å². The Hall–Kier alpha value is -0.860. The van der Waals surface area contributed by atoms with Crippen LogP contribution in [0.5, 0.6) is 0 Å². The van der Waals surface area contributed by atoms with E-state index in [-0.39, 0.29) is 0 Å². The van der Waals surface area contributed by atoms with Crippen LogP contribution in [0.4, 0.5) is 0 Å². The maximum absolute atomic E-state index is 5.95. The van der Waals surface area contributed by atoms with Crippen molar-refractivity contribution in [1.29, 1.82) is 0 Å². The molecule has 1 aliphatic rings. The lowest BCUT2D eigenvalue weighted by Crippen LogP contribution is -2.40. The maximum atomic E-state index is 5.95. The molecule has 0 radical (unpaired) electrons. The van der Waals surface area contributed by atoms with Crippen LogP contribution in [0, 0.1) is 11.8 Å². The van der Waals surface area contributed by atoms with Gasteiger partial charge in [-0.05, 0) is 23.8 Å². The summed E-state index contributed by atoms with van der Waals surface area (Å²) in [7, 11) is 0. The quantitative estimate of drug-likeness (QED) is 0.862. The highest BCUT2D eigenvalue weighted by molar-refractivity contribution is 5.16. The smallest absolute Gasteiger partial charge is 0.0258 e. The van der Waals surface area contributed by atoms with Crippen molar-refractivity contribution in [3.63, 3.8) is 0 Å². The van der Waals surface area contributed by atoms with Crippen LogP contribution in [-0.2, 0) is 6.42 Å². The molecule has 94 valence electrons. The van der Waals surface area contributed by atoms with Gasteiger partial charge in [0.05, 0.1) is 0 Å². The third-order valence-electron chi connectivity index (χ3n) is 4.12. The Bertz CT molecular complexity index is 326. The van der Waals surface area contributed by atoms with Gasteiger partial charge in [0.1, 0.15) is 0 Å². The Morgan fingerprint density at radius 2 is 1.76 bits per heavy atom. The van der Waals surface area contributed by atoms with Crippen LogP contribution in [0.2, 0.25) is 0 Å². The fraction of sp³-hybridized carbons (Fsp3) is 0.600. The minimum absolute atomic E-state index is 0.504.